The molecule has 3 rings (SSSR count). The number of esters is 1. The van der Waals surface area contributed by atoms with Crippen LogP contribution >= 0.6 is 0 Å². The number of allylic oxidation sites excluding steroid dienone is 2. The van der Waals surface area contributed by atoms with Crippen LogP contribution in [0.5, 0.6) is 0 Å². The smallest absolute Gasteiger partial charge is 0.310 e. The number of benzene rings is 1. The van der Waals surface area contributed by atoms with Gasteiger partial charge in [0.25, 0.3) is 0 Å². The van der Waals surface area contributed by atoms with Crippen molar-refractivity contribution >= 4 is 5.97 Å². The second-order valence-corrected chi connectivity index (χ2v) is 7.35. The minimum Gasteiger partial charge on any atom is -0.469 e. The van der Waals surface area contributed by atoms with Crippen LogP contribution in [0.2, 0.25) is 0 Å². The Bertz CT molecular complexity index is 740. The molecule has 1 heterocycles. The lowest BCUT2D eigenvalue weighted by atomic mass is 10.1. The summed E-state index contributed by atoms with van der Waals surface area (Å²) in [5.74, 6) is 1.03. The number of hydrogen-bond acceptors (Lipinski definition) is 3. The van der Waals surface area contributed by atoms with E-state index in [1.807, 2.05) is 24.3 Å². The molecule has 0 spiro atoms. The van der Waals surface area contributed by atoms with E-state index in [-0.39, 0.29) is 29.8 Å². The van der Waals surface area contributed by atoms with Crippen molar-refractivity contribution in [1.82, 2.24) is 0 Å². The van der Waals surface area contributed by atoms with Gasteiger partial charge in [-0.3, -0.25) is 4.79 Å². The molecule has 0 bridgehead atoms. The van der Waals surface area contributed by atoms with E-state index >= 15 is 0 Å². The summed E-state index contributed by atoms with van der Waals surface area (Å²) in [5.41, 5.74) is 2.10. The van der Waals surface area contributed by atoms with E-state index in [1.54, 1.807) is 6.26 Å². The van der Waals surface area contributed by atoms with Crippen molar-refractivity contribution in [3.8, 4) is 0 Å². The summed E-state index contributed by atoms with van der Waals surface area (Å²) in [6.07, 6.45) is 7.70. The van der Waals surface area contributed by atoms with Gasteiger partial charge in [-0.25, -0.2) is 0 Å². The van der Waals surface area contributed by atoms with Gasteiger partial charge in [-0.05, 0) is 29.4 Å². The summed E-state index contributed by atoms with van der Waals surface area (Å²) >= 11 is 0. The largest absolute Gasteiger partial charge is 0.469 e. The van der Waals surface area contributed by atoms with Crippen molar-refractivity contribution in [3.63, 3.8) is 0 Å². The monoisotopic (exact) mass is 338 g/mol. The molecule has 1 aliphatic carbocycles. The molecule has 0 amide bonds. The van der Waals surface area contributed by atoms with Crippen molar-refractivity contribution in [3.05, 3.63) is 71.7 Å². The lowest BCUT2D eigenvalue weighted by molar-refractivity contribution is -0.147. The molecule has 0 saturated heterocycles. The van der Waals surface area contributed by atoms with Crippen LogP contribution in [0.15, 0.2) is 59.2 Å². The Kier molecular flexibility index (Phi) is 5.12. The van der Waals surface area contributed by atoms with Crippen molar-refractivity contribution < 1.29 is 13.9 Å². The maximum Gasteiger partial charge on any atom is 0.310 e. The highest BCUT2D eigenvalue weighted by Crippen LogP contribution is 2.59. The fraction of sp³-hybridized carbons (Fsp3) is 0.409. The van der Waals surface area contributed by atoms with E-state index in [0.717, 1.165) is 24.2 Å². The maximum atomic E-state index is 12.4. The molecular formula is C22H26O3. The second kappa shape index (κ2) is 7.30. The van der Waals surface area contributed by atoms with E-state index < -0.39 is 0 Å². The third-order valence-corrected chi connectivity index (χ3v) is 5.05. The van der Waals surface area contributed by atoms with E-state index in [2.05, 4.69) is 45.1 Å². The molecule has 1 saturated carbocycles. The standard InChI is InChI=1S/C22H26O3/c1-4-5-11-19-20(22(19,2)3)21(23)25-15-17-13-18(24-14-17)12-16-9-7-6-8-10-16/h5-11,13-14,19-20H,4,12,15H2,1-3H3/b11-5-. The van der Waals surface area contributed by atoms with E-state index in [1.165, 1.54) is 5.56 Å². The van der Waals surface area contributed by atoms with Gasteiger partial charge < -0.3 is 9.15 Å². The fourth-order valence-electron chi connectivity index (χ4n) is 3.41. The van der Waals surface area contributed by atoms with Crippen LogP contribution in [-0.2, 0) is 22.6 Å². The lowest BCUT2D eigenvalue weighted by Gasteiger charge is -2.03. The van der Waals surface area contributed by atoms with Gasteiger partial charge in [0.15, 0.2) is 0 Å². The summed E-state index contributed by atoms with van der Waals surface area (Å²) in [6.45, 7) is 6.62. The lowest BCUT2D eigenvalue weighted by Crippen LogP contribution is -2.10. The number of ether oxygens (including phenoxy) is 1. The summed E-state index contributed by atoms with van der Waals surface area (Å²) in [4.78, 5) is 12.4. The van der Waals surface area contributed by atoms with E-state index in [0.29, 0.717) is 0 Å². The van der Waals surface area contributed by atoms with Crippen molar-refractivity contribution in [2.75, 3.05) is 0 Å². The Morgan fingerprint density at radius 1 is 1.24 bits per heavy atom. The quantitative estimate of drug-likeness (QED) is 0.517. The van der Waals surface area contributed by atoms with Crippen LogP contribution in [-0.4, -0.2) is 5.97 Å². The van der Waals surface area contributed by atoms with Crippen LogP contribution in [0.25, 0.3) is 0 Å². The van der Waals surface area contributed by atoms with Crippen LogP contribution in [0, 0.1) is 17.3 Å². The predicted molar refractivity (Wildman–Crippen MR) is 97.9 cm³/mol. The van der Waals surface area contributed by atoms with Gasteiger partial charge in [-0.1, -0.05) is 63.3 Å². The molecule has 0 N–H and O–H groups in total. The van der Waals surface area contributed by atoms with Crippen LogP contribution < -0.4 is 0 Å². The maximum absolute atomic E-state index is 12.4. The highest BCUT2D eigenvalue weighted by atomic mass is 16.5. The summed E-state index contributed by atoms with van der Waals surface area (Å²) in [5, 5.41) is 0. The molecule has 0 radical (unpaired) electrons. The van der Waals surface area contributed by atoms with Crippen LogP contribution in [0.1, 0.15) is 44.1 Å². The third kappa shape index (κ3) is 4.04. The summed E-state index contributed by atoms with van der Waals surface area (Å²) in [6, 6.07) is 12.1. The molecule has 132 valence electrons. The highest BCUT2D eigenvalue weighted by Gasteiger charge is 2.61. The third-order valence-electron chi connectivity index (χ3n) is 5.05. The Hall–Kier alpha value is -2.29. The van der Waals surface area contributed by atoms with Gasteiger partial charge >= 0.3 is 5.97 Å². The SMILES string of the molecule is CC/C=C\C1C(C(=O)OCc2coc(Cc3ccccc3)c2)C1(C)C. The zero-order valence-electron chi connectivity index (χ0n) is 15.2. The van der Waals surface area contributed by atoms with Crippen LogP contribution in [0.3, 0.4) is 0 Å². The van der Waals surface area contributed by atoms with E-state index in [4.69, 9.17) is 9.15 Å². The minimum atomic E-state index is -0.110. The second-order valence-electron chi connectivity index (χ2n) is 7.35. The summed E-state index contributed by atoms with van der Waals surface area (Å²) in [7, 11) is 0. The summed E-state index contributed by atoms with van der Waals surface area (Å²) < 4.78 is 11.1. The molecule has 1 aromatic carbocycles. The predicted octanol–water partition coefficient (Wildman–Crippen LogP) is 5.15. The molecule has 3 nitrogen and oxygen atoms in total. The number of furan rings is 1. The highest BCUT2D eigenvalue weighted by molar-refractivity contribution is 5.78. The fourth-order valence-corrected chi connectivity index (χ4v) is 3.41. The first-order chi connectivity index (χ1) is 12.0. The molecule has 25 heavy (non-hydrogen) atoms. The van der Waals surface area contributed by atoms with Gasteiger partial charge in [0.05, 0.1) is 12.2 Å². The Balaban J connectivity index is 1.52. The topological polar surface area (TPSA) is 39.4 Å². The van der Waals surface area contributed by atoms with Crippen molar-refractivity contribution in [1.29, 1.82) is 0 Å². The zero-order chi connectivity index (χ0) is 17.9. The van der Waals surface area contributed by atoms with Gasteiger partial charge in [0.2, 0.25) is 0 Å². The van der Waals surface area contributed by atoms with Crippen molar-refractivity contribution in [2.45, 2.75) is 40.2 Å². The molecular weight excluding hydrogens is 312 g/mol. The van der Waals surface area contributed by atoms with Gasteiger partial charge in [-0.2, -0.15) is 0 Å². The number of hydrogen-bond donors (Lipinski definition) is 0. The molecule has 0 aliphatic heterocycles. The molecule has 1 aliphatic rings. The normalized spacial score (nSPS) is 21.4. The first-order valence-electron chi connectivity index (χ1n) is 8.96. The first kappa shape index (κ1) is 17.5. The average molecular weight is 338 g/mol. The van der Waals surface area contributed by atoms with Gasteiger partial charge in [0.1, 0.15) is 12.4 Å². The molecule has 1 fully saturated rings. The number of carbonyl (C=O) groups is 1. The van der Waals surface area contributed by atoms with Crippen molar-refractivity contribution in [2.24, 2.45) is 17.3 Å². The molecule has 3 heteroatoms. The van der Waals surface area contributed by atoms with Gasteiger partial charge in [0, 0.05) is 12.0 Å². The zero-order valence-corrected chi connectivity index (χ0v) is 15.2. The molecule has 2 aromatic rings. The average Bonchev–Trinajstić information content (AvgIpc) is 2.92. The van der Waals surface area contributed by atoms with E-state index in [9.17, 15) is 4.79 Å². The Labute approximate surface area is 149 Å². The minimum absolute atomic E-state index is 0.00236. The Morgan fingerprint density at radius 3 is 2.72 bits per heavy atom. The van der Waals surface area contributed by atoms with Gasteiger partial charge in [-0.15, -0.1) is 0 Å². The number of rotatable bonds is 7. The Morgan fingerprint density at radius 2 is 2.00 bits per heavy atom. The molecule has 2 unspecified atom stereocenters. The number of carbonyl (C=O) groups excluding carboxylic acids is 1. The molecule has 1 aromatic heterocycles. The first-order valence-corrected chi connectivity index (χ1v) is 8.96. The van der Waals surface area contributed by atoms with Crippen LogP contribution in [0.4, 0.5) is 0 Å². The molecule has 2 atom stereocenters.